The van der Waals surface area contributed by atoms with E-state index in [2.05, 4.69) is 12.2 Å². The number of hydrogen-bond acceptors (Lipinski definition) is 2. The van der Waals surface area contributed by atoms with E-state index in [9.17, 15) is 4.79 Å². The maximum atomic E-state index is 11.5. The minimum atomic E-state index is -0.0439. The molecule has 1 N–H and O–H groups in total. The Bertz CT molecular complexity index is 338. The van der Waals surface area contributed by atoms with E-state index in [1.165, 1.54) is 0 Å². The Hall–Kier alpha value is -1.51. The first-order valence-electron chi connectivity index (χ1n) is 5.72. The van der Waals surface area contributed by atoms with Crippen LogP contribution >= 0.6 is 0 Å². The number of carbonyl (C=O) groups excluding carboxylic acids is 1. The van der Waals surface area contributed by atoms with Crippen LogP contribution in [0.3, 0.4) is 0 Å². The number of benzene rings is 1. The second-order valence-corrected chi connectivity index (χ2v) is 3.72. The molecule has 0 aliphatic carbocycles. The highest BCUT2D eigenvalue weighted by atomic mass is 16.5. The number of amides is 1. The molecule has 90 valence electrons. The van der Waals surface area contributed by atoms with Gasteiger partial charge in [-0.25, -0.2) is 0 Å². The van der Waals surface area contributed by atoms with E-state index in [4.69, 9.17) is 4.74 Å². The third-order valence-corrected chi connectivity index (χ3v) is 2.37. The van der Waals surface area contributed by atoms with E-state index in [0.717, 1.165) is 12.2 Å². The minimum Gasteiger partial charge on any atom is -0.491 e. The average molecular weight is 223 g/mol. The van der Waals surface area contributed by atoms with Gasteiger partial charge in [0.1, 0.15) is 5.75 Å². The van der Waals surface area contributed by atoms with Crippen molar-refractivity contribution in [3.8, 4) is 5.75 Å². The van der Waals surface area contributed by atoms with Crippen LogP contribution in [0.4, 0.5) is 0 Å². The van der Waals surface area contributed by atoms with Crippen molar-refractivity contribution < 1.29 is 11.0 Å². The van der Waals surface area contributed by atoms with Crippen molar-refractivity contribution in [1.82, 2.24) is 5.32 Å². The molecule has 1 aromatic rings. The summed E-state index contributed by atoms with van der Waals surface area (Å²) in [4.78, 5) is 11.5. The standard InChI is InChI=1S/C13H19NO2.H2/c1-4-10(3)16-12-8-6-11(7-9-12)13(15)14-5-2;/h6-10H,4-5H2,1-3H3,(H,14,15);1H. The summed E-state index contributed by atoms with van der Waals surface area (Å²) in [6.07, 6.45) is 1.17. The number of hydrogen-bond donors (Lipinski definition) is 1. The van der Waals surface area contributed by atoms with Gasteiger partial charge in [-0.1, -0.05) is 6.92 Å². The summed E-state index contributed by atoms with van der Waals surface area (Å²) in [6, 6.07) is 7.22. The fraction of sp³-hybridized carbons (Fsp3) is 0.462. The van der Waals surface area contributed by atoms with Crippen molar-refractivity contribution in [1.29, 1.82) is 0 Å². The molecule has 1 aromatic carbocycles. The summed E-state index contributed by atoms with van der Waals surface area (Å²) in [5.74, 6) is 0.764. The molecule has 0 aliphatic heterocycles. The van der Waals surface area contributed by atoms with Crippen LogP contribution in [0.2, 0.25) is 0 Å². The van der Waals surface area contributed by atoms with Crippen LogP contribution in [-0.4, -0.2) is 18.6 Å². The Morgan fingerprint density at radius 2 is 2.00 bits per heavy atom. The fourth-order valence-electron chi connectivity index (χ4n) is 1.26. The molecule has 0 spiro atoms. The molecule has 1 unspecified atom stereocenters. The van der Waals surface area contributed by atoms with Gasteiger partial charge in [0.2, 0.25) is 0 Å². The molecule has 16 heavy (non-hydrogen) atoms. The van der Waals surface area contributed by atoms with Crippen LogP contribution < -0.4 is 10.1 Å². The van der Waals surface area contributed by atoms with E-state index < -0.39 is 0 Å². The highest BCUT2D eigenvalue weighted by Crippen LogP contribution is 2.14. The lowest BCUT2D eigenvalue weighted by molar-refractivity contribution is 0.0956. The maximum absolute atomic E-state index is 11.5. The Labute approximate surface area is 98.3 Å². The predicted octanol–water partition coefficient (Wildman–Crippen LogP) is 2.86. The second kappa shape index (κ2) is 6.16. The Morgan fingerprint density at radius 1 is 1.38 bits per heavy atom. The van der Waals surface area contributed by atoms with Crippen LogP contribution in [0.15, 0.2) is 24.3 Å². The van der Waals surface area contributed by atoms with Gasteiger partial charge >= 0.3 is 0 Å². The van der Waals surface area contributed by atoms with Gasteiger partial charge in [-0.05, 0) is 44.5 Å². The lowest BCUT2D eigenvalue weighted by atomic mass is 10.2. The summed E-state index contributed by atoms with van der Waals surface area (Å²) < 4.78 is 5.63. The van der Waals surface area contributed by atoms with Gasteiger partial charge in [-0.2, -0.15) is 0 Å². The zero-order valence-corrected chi connectivity index (χ0v) is 10.1. The quantitative estimate of drug-likeness (QED) is 0.833. The first kappa shape index (κ1) is 12.6. The molecule has 0 radical (unpaired) electrons. The zero-order valence-electron chi connectivity index (χ0n) is 10.1. The van der Waals surface area contributed by atoms with Gasteiger partial charge in [-0.3, -0.25) is 4.79 Å². The molecule has 3 heteroatoms. The molecular formula is C13H21NO2. The maximum Gasteiger partial charge on any atom is 0.251 e. The van der Waals surface area contributed by atoms with E-state index in [1.807, 2.05) is 26.0 Å². The number of carbonyl (C=O) groups is 1. The van der Waals surface area contributed by atoms with Crippen LogP contribution in [-0.2, 0) is 0 Å². The normalized spacial score (nSPS) is 11.9. The lowest BCUT2D eigenvalue weighted by Crippen LogP contribution is -2.22. The van der Waals surface area contributed by atoms with Crippen molar-refractivity contribution in [2.45, 2.75) is 33.3 Å². The third-order valence-electron chi connectivity index (χ3n) is 2.37. The topological polar surface area (TPSA) is 38.3 Å². The van der Waals surface area contributed by atoms with Crippen LogP contribution in [0.1, 0.15) is 39.0 Å². The molecule has 0 saturated heterocycles. The predicted molar refractivity (Wildman–Crippen MR) is 66.9 cm³/mol. The van der Waals surface area contributed by atoms with Crippen LogP contribution in [0.5, 0.6) is 5.75 Å². The molecule has 0 fully saturated rings. The number of ether oxygens (including phenoxy) is 1. The largest absolute Gasteiger partial charge is 0.491 e. The van der Waals surface area contributed by atoms with Crippen molar-refractivity contribution in [2.75, 3.05) is 6.54 Å². The molecular weight excluding hydrogens is 202 g/mol. The summed E-state index contributed by atoms with van der Waals surface area (Å²) in [7, 11) is 0. The summed E-state index contributed by atoms with van der Waals surface area (Å²) >= 11 is 0. The van der Waals surface area contributed by atoms with Crippen molar-refractivity contribution in [3.05, 3.63) is 29.8 Å². The molecule has 1 rings (SSSR count). The van der Waals surface area contributed by atoms with Gasteiger partial charge in [-0.15, -0.1) is 0 Å². The van der Waals surface area contributed by atoms with Crippen molar-refractivity contribution in [2.24, 2.45) is 0 Å². The second-order valence-electron chi connectivity index (χ2n) is 3.72. The fourth-order valence-corrected chi connectivity index (χ4v) is 1.26. The van der Waals surface area contributed by atoms with Crippen LogP contribution in [0.25, 0.3) is 0 Å². The van der Waals surface area contributed by atoms with Gasteiger partial charge in [0, 0.05) is 13.5 Å². The highest BCUT2D eigenvalue weighted by molar-refractivity contribution is 5.94. The van der Waals surface area contributed by atoms with Gasteiger partial charge in [0.05, 0.1) is 6.10 Å². The average Bonchev–Trinajstić information content (AvgIpc) is 2.30. The molecule has 0 saturated carbocycles. The first-order valence-corrected chi connectivity index (χ1v) is 5.72. The van der Waals surface area contributed by atoms with E-state index in [-0.39, 0.29) is 13.4 Å². The Balaban J connectivity index is 0.00000256. The minimum absolute atomic E-state index is 0. The molecule has 0 aliphatic rings. The molecule has 1 amide bonds. The molecule has 0 aromatic heterocycles. The highest BCUT2D eigenvalue weighted by Gasteiger charge is 2.05. The van der Waals surface area contributed by atoms with Crippen molar-refractivity contribution >= 4 is 5.91 Å². The van der Waals surface area contributed by atoms with E-state index in [0.29, 0.717) is 12.1 Å². The number of rotatable bonds is 5. The Morgan fingerprint density at radius 3 is 2.50 bits per heavy atom. The molecule has 0 heterocycles. The molecule has 1 atom stereocenters. The molecule has 0 bridgehead atoms. The van der Waals surface area contributed by atoms with Gasteiger partial charge in [0.25, 0.3) is 5.91 Å². The summed E-state index contributed by atoms with van der Waals surface area (Å²) in [5, 5.41) is 2.75. The van der Waals surface area contributed by atoms with Crippen molar-refractivity contribution in [3.63, 3.8) is 0 Å². The van der Waals surface area contributed by atoms with Gasteiger partial charge < -0.3 is 10.1 Å². The number of nitrogens with one attached hydrogen (secondary N) is 1. The summed E-state index contributed by atoms with van der Waals surface area (Å²) in [5.41, 5.74) is 0.665. The van der Waals surface area contributed by atoms with E-state index in [1.54, 1.807) is 12.1 Å². The smallest absolute Gasteiger partial charge is 0.251 e. The van der Waals surface area contributed by atoms with Gasteiger partial charge in [0.15, 0.2) is 0 Å². The monoisotopic (exact) mass is 223 g/mol. The van der Waals surface area contributed by atoms with E-state index >= 15 is 0 Å². The Kier molecular flexibility index (Phi) is 4.83. The van der Waals surface area contributed by atoms with Crippen LogP contribution in [0, 0.1) is 0 Å². The molecule has 3 nitrogen and oxygen atoms in total. The zero-order chi connectivity index (χ0) is 12.0. The lowest BCUT2D eigenvalue weighted by Gasteiger charge is -2.12. The summed E-state index contributed by atoms with van der Waals surface area (Å²) in [6.45, 7) is 6.65. The first-order chi connectivity index (χ1) is 7.67. The third kappa shape index (κ3) is 3.57. The SMILES string of the molecule is CCNC(=O)c1ccc(OC(C)CC)cc1.[HH].